The molecule has 1 heterocycles. The van der Waals surface area contributed by atoms with Crippen LogP contribution in [-0.2, 0) is 20.4 Å². The van der Waals surface area contributed by atoms with E-state index in [4.69, 9.17) is 4.74 Å². The number of aromatic carboxylic acids is 1. The van der Waals surface area contributed by atoms with Gasteiger partial charge in [0.2, 0.25) is 21.8 Å². The van der Waals surface area contributed by atoms with E-state index in [0.717, 1.165) is 0 Å². The second-order valence-electron chi connectivity index (χ2n) is 9.33. The van der Waals surface area contributed by atoms with Crippen LogP contribution in [0.2, 0.25) is 0 Å². The minimum atomic E-state index is -4.01. The van der Waals surface area contributed by atoms with E-state index in [9.17, 15) is 23.1 Å². The maximum absolute atomic E-state index is 13.1. The number of amides is 1. The van der Waals surface area contributed by atoms with Gasteiger partial charge < -0.3 is 15.2 Å². The summed E-state index contributed by atoms with van der Waals surface area (Å²) in [6.45, 7) is 12.9. The van der Waals surface area contributed by atoms with Gasteiger partial charge in [0.05, 0.1) is 5.54 Å². The Hall–Kier alpha value is -2.92. The first-order valence-electron chi connectivity index (χ1n) is 11.7. The molecular weight excluding hydrogens is 472 g/mol. The van der Waals surface area contributed by atoms with Crippen LogP contribution < -0.4 is 14.8 Å². The Morgan fingerprint density at radius 2 is 1.80 bits per heavy atom. The van der Waals surface area contributed by atoms with Crippen LogP contribution in [0.3, 0.4) is 0 Å². The number of aromatic nitrogens is 2. The van der Waals surface area contributed by atoms with E-state index in [-0.39, 0.29) is 46.2 Å². The molecule has 0 aliphatic rings. The maximum Gasteiger partial charge on any atom is 0.356 e. The van der Waals surface area contributed by atoms with Crippen LogP contribution in [0.4, 0.5) is 5.69 Å². The number of carboxylic acids is 1. The zero-order valence-electron chi connectivity index (χ0n) is 21.4. The number of anilines is 1. The largest absolute Gasteiger partial charge is 0.476 e. The van der Waals surface area contributed by atoms with Crippen LogP contribution in [0.25, 0.3) is 0 Å². The van der Waals surface area contributed by atoms with Gasteiger partial charge in [-0.1, -0.05) is 20.8 Å². The van der Waals surface area contributed by atoms with Crippen molar-refractivity contribution in [1.82, 2.24) is 14.5 Å². The molecule has 2 aromatic rings. The Kier molecular flexibility index (Phi) is 9.07. The highest BCUT2D eigenvalue weighted by Crippen LogP contribution is 2.36. The summed E-state index contributed by atoms with van der Waals surface area (Å²) < 4.78 is 36.3. The highest BCUT2D eigenvalue weighted by atomic mass is 32.2. The van der Waals surface area contributed by atoms with Crippen LogP contribution in [0.5, 0.6) is 11.6 Å². The highest BCUT2D eigenvalue weighted by molar-refractivity contribution is 7.89. The number of hydrogen-bond acceptors (Lipinski definition) is 6. The van der Waals surface area contributed by atoms with Crippen molar-refractivity contribution < 1.29 is 27.9 Å². The standard InChI is InChI=1S/C24H36N4O6S/c1-8-13-25-35(32,33)19-14-17(26-21(29)16(9-2)10-3)11-12-18(19)34-22-15(4)20(23(30)31)27-28(22)24(5,6)7/h11-12,14,16,25H,8-10,13H2,1-7H3,(H,26,29)(H,30,31). The topological polar surface area (TPSA) is 140 Å². The molecule has 0 aliphatic heterocycles. The summed E-state index contributed by atoms with van der Waals surface area (Å²) >= 11 is 0. The summed E-state index contributed by atoms with van der Waals surface area (Å²) in [5.41, 5.74) is -0.240. The van der Waals surface area contributed by atoms with Gasteiger partial charge in [-0.05, 0) is 65.2 Å². The molecule has 0 saturated carbocycles. The minimum Gasteiger partial charge on any atom is -0.476 e. The fraction of sp³-hybridized carbons (Fsp3) is 0.542. The molecule has 35 heavy (non-hydrogen) atoms. The number of rotatable bonds is 11. The normalized spacial score (nSPS) is 12.1. The summed E-state index contributed by atoms with van der Waals surface area (Å²) in [5.74, 6) is -1.49. The molecular formula is C24H36N4O6S. The second-order valence-corrected chi connectivity index (χ2v) is 11.1. The quantitative estimate of drug-likeness (QED) is 0.406. The van der Waals surface area contributed by atoms with Gasteiger partial charge in [-0.3, -0.25) is 4.79 Å². The van der Waals surface area contributed by atoms with E-state index in [0.29, 0.717) is 24.9 Å². The van der Waals surface area contributed by atoms with E-state index in [1.54, 1.807) is 13.0 Å². The van der Waals surface area contributed by atoms with Crippen LogP contribution in [0.1, 0.15) is 76.9 Å². The first-order valence-corrected chi connectivity index (χ1v) is 13.2. The zero-order chi connectivity index (χ0) is 26.6. The number of hydrogen-bond donors (Lipinski definition) is 3. The van der Waals surface area contributed by atoms with Crippen molar-refractivity contribution in [2.24, 2.45) is 5.92 Å². The molecule has 1 aromatic heterocycles. The molecule has 2 rings (SSSR count). The molecule has 0 fully saturated rings. The predicted molar refractivity (Wildman–Crippen MR) is 134 cm³/mol. The summed E-state index contributed by atoms with van der Waals surface area (Å²) in [6.07, 6.45) is 1.90. The lowest BCUT2D eigenvalue weighted by Crippen LogP contribution is -2.26. The minimum absolute atomic E-state index is 0.0143. The van der Waals surface area contributed by atoms with Gasteiger partial charge in [-0.2, -0.15) is 5.10 Å². The van der Waals surface area contributed by atoms with Crippen molar-refractivity contribution >= 4 is 27.6 Å². The Morgan fingerprint density at radius 3 is 2.31 bits per heavy atom. The molecule has 11 heteroatoms. The lowest BCUT2D eigenvalue weighted by Gasteiger charge is -2.23. The zero-order valence-corrected chi connectivity index (χ0v) is 22.2. The predicted octanol–water partition coefficient (Wildman–Crippen LogP) is 4.50. The summed E-state index contributed by atoms with van der Waals surface area (Å²) in [7, 11) is -4.01. The monoisotopic (exact) mass is 508 g/mol. The molecule has 0 radical (unpaired) electrons. The smallest absolute Gasteiger partial charge is 0.356 e. The van der Waals surface area contributed by atoms with E-state index in [2.05, 4.69) is 15.1 Å². The lowest BCUT2D eigenvalue weighted by atomic mass is 10.0. The Labute approximate surface area is 207 Å². The van der Waals surface area contributed by atoms with E-state index < -0.39 is 21.5 Å². The third kappa shape index (κ3) is 6.61. The maximum atomic E-state index is 13.1. The van der Waals surface area contributed by atoms with Crippen molar-refractivity contribution in [3.63, 3.8) is 0 Å². The van der Waals surface area contributed by atoms with Gasteiger partial charge in [0, 0.05) is 23.7 Å². The molecule has 1 aromatic carbocycles. The van der Waals surface area contributed by atoms with Crippen molar-refractivity contribution in [3.05, 3.63) is 29.5 Å². The molecule has 0 unspecified atom stereocenters. The van der Waals surface area contributed by atoms with Crippen molar-refractivity contribution in [2.45, 2.75) is 78.2 Å². The van der Waals surface area contributed by atoms with Gasteiger partial charge in [0.15, 0.2) is 5.69 Å². The number of nitrogens with one attached hydrogen (secondary N) is 2. The van der Waals surface area contributed by atoms with E-state index >= 15 is 0 Å². The first-order chi connectivity index (χ1) is 16.3. The molecule has 0 spiro atoms. The van der Waals surface area contributed by atoms with Crippen LogP contribution in [0, 0.1) is 12.8 Å². The SMILES string of the molecule is CCCNS(=O)(=O)c1cc(NC(=O)C(CC)CC)ccc1Oc1c(C)c(C(=O)O)nn1C(C)(C)C. The molecule has 0 saturated heterocycles. The fourth-order valence-electron chi connectivity index (χ4n) is 3.46. The van der Waals surface area contributed by atoms with E-state index in [1.807, 2.05) is 41.5 Å². The summed E-state index contributed by atoms with van der Waals surface area (Å²) in [6, 6.07) is 4.35. The second kappa shape index (κ2) is 11.2. The Balaban J connectivity index is 2.63. The Morgan fingerprint density at radius 1 is 1.17 bits per heavy atom. The summed E-state index contributed by atoms with van der Waals surface area (Å²) in [5, 5.41) is 16.5. The fourth-order valence-corrected chi connectivity index (χ4v) is 4.75. The molecule has 0 bridgehead atoms. The number of ether oxygens (including phenoxy) is 1. The van der Waals surface area contributed by atoms with Crippen LogP contribution in [-0.4, -0.2) is 41.7 Å². The van der Waals surface area contributed by atoms with Gasteiger partial charge >= 0.3 is 5.97 Å². The van der Waals surface area contributed by atoms with Gasteiger partial charge in [0.25, 0.3) is 0 Å². The molecule has 194 valence electrons. The number of benzene rings is 1. The van der Waals surface area contributed by atoms with Gasteiger partial charge in [0.1, 0.15) is 10.6 Å². The van der Waals surface area contributed by atoms with Crippen LogP contribution >= 0.6 is 0 Å². The number of carboxylic acid groups (broad SMARTS) is 1. The lowest BCUT2D eigenvalue weighted by molar-refractivity contribution is -0.120. The van der Waals surface area contributed by atoms with E-state index in [1.165, 1.54) is 16.8 Å². The van der Waals surface area contributed by atoms with Gasteiger partial charge in [-0.25, -0.2) is 22.6 Å². The van der Waals surface area contributed by atoms with Crippen molar-refractivity contribution in [3.8, 4) is 11.6 Å². The average Bonchev–Trinajstić information content (AvgIpc) is 3.11. The summed E-state index contributed by atoms with van der Waals surface area (Å²) in [4.78, 5) is 24.1. The third-order valence-electron chi connectivity index (χ3n) is 5.51. The average molecular weight is 509 g/mol. The van der Waals surface area contributed by atoms with Crippen molar-refractivity contribution in [1.29, 1.82) is 0 Å². The number of nitrogens with zero attached hydrogens (tertiary/aromatic N) is 2. The number of carbonyl (C=O) groups excluding carboxylic acids is 1. The highest BCUT2D eigenvalue weighted by Gasteiger charge is 2.29. The number of sulfonamides is 1. The molecule has 3 N–H and O–H groups in total. The number of carbonyl (C=O) groups is 2. The Bertz CT molecular complexity index is 1180. The first kappa shape index (κ1) is 28.3. The molecule has 10 nitrogen and oxygen atoms in total. The third-order valence-corrected chi connectivity index (χ3v) is 6.99. The van der Waals surface area contributed by atoms with Crippen molar-refractivity contribution in [2.75, 3.05) is 11.9 Å². The van der Waals surface area contributed by atoms with Crippen LogP contribution in [0.15, 0.2) is 23.1 Å². The molecule has 0 aliphatic carbocycles. The molecule has 1 amide bonds. The van der Waals surface area contributed by atoms with Gasteiger partial charge in [-0.15, -0.1) is 0 Å². The molecule has 0 atom stereocenters.